The Morgan fingerprint density at radius 2 is 1.69 bits per heavy atom. The Bertz CT molecular complexity index is 960. The van der Waals surface area contributed by atoms with Gasteiger partial charge in [-0.25, -0.2) is 9.59 Å². The first-order valence-electron chi connectivity index (χ1n) is 9.08. The lowest BCUT2D eigenvalue weighted by atomic mass is 10.1. The Kier molecular flexibility index (Phi) is 6.93. The number of hydrogen-bond acceptors (Lipinski definition) is 6. The van der Waals surface area contributed by atoms with Crippen molar-refractivity contribution in [2.24, 2.45) is 0 Å². The van der Waals surface area contributed by atoms with Crippen molar-refractivity contribution in [3.05, 3.63) is 52.3 Å². The number of rotatable bonds is 7. The number of nitrogens with one attached hydrogen (secondary N) is 1. The van der Waals surface area contributed by atoms with Crippen LogP contribution < -0.4 is 4.90 Å². The monoisotopic (exact) mass is 400 g/mol. The molecule has 8 heteroatoms. The van der Waals surface area contributed by atoms with Gasteiger partial charge in [-0.15, -0.1) is 0 Å². The molecule has 0 aliphatic rings. The lowest BCUT2D eigenvalue weighted by molar-refractivity contribution is -0.116. The van der Waals surface area contributed by atoms with Gasteiger partial charge in [0.1, 0.15) is 5.69 Å². The molecule has 0 spiro atoms. The highest BCUT2D eigenvalue weighted by Crippen LogP contribution is 2.22. The quantitative estimate of drug-likeness (QED) is 0.566. The number of Topliss-reactive ketones (excluding diaryl/α,β-unsaturated/α-hetero) is 1. The molecular weight excluding hydrogens is 376 g/mol. The molecule has 2 aromatic rings. The third-order valence-electron chi connectivity index (χ3n) is 4.49. The molecule has 2 rings (SSSR count). The van der Waals surface area contributed by atoms with Crippen molar-refractivity contribution in [3.8, 4) is 0 Å². The molecule has 1 N–H and O–H groups in total. The third kappa shape index (κ3) is 4.71. The Hall–Kier alpha value is -3.42. The van der Waals surface area contributed by atoms with Crippen LogP contribution in [-0.2, 0) is 14.3 Å². The van der Waals surface area contributed by atoms with Gasteiger partial charge in [-0.2, -0.15) is 0 Å². The van der Waals surface area contributed by atoms with Gasteiger partial charge in [-0.05, 0) is 38.5 Å². The normalized spacial score (nSPS) is 10.4. The fraction of sp³-hybridized carbons (Fsp3) is 0.333. The topological polar surface area (TPSA) is 106 Å². The molecule has 29 heavy (non-hydrogen) atoms. The van der Waals surface area contributed by atoms with Gasteiger partial charge in [-0.1, -0.05) is 12.1 Å². The number of esters is 2. The number of carbonyl (C=O) groups excluding carboxylic acids is 4. The van der Waals surface area contributed by atoms with Crippen LogP contribution in [0.1, 0.15) is 56.3 Å². The number of aromatic amines is 1. The summed E-state index contributed by atoms with van der Waals surface area (Å²) in [6.07, 6.45) is 0. The number of nitrogens with zero attached hydrogens (tertiary/aromatic N) is 1. The first-order valence-corrected chi connectivity index (χ1v) is 9.08. The molecule has 0 atom stereocenters. The minimum Gasteiger partial charge on any atom is -0.461 e. The van der Waals surface area contributed by atoms with E-state index in [-0.39, 0.29) is 29.3 Å². The molecule has 8 nitrogen and oxygen atoms in total. The van der Waals surface area contributed by atoms with Crippen molar-refractivity contribution in [2.45, 2.75) is 27.7 Å². The van der Waals surface area contributed by atoms with E-state index in [1.807, 2.05) is 0 Å². The van der Waals surface area contributed by atoms with Crippen LogP contribution in [0.3, 0.4) is 0 Å². The smallest absolute Gasteiger partial charge is 0.355 e. The number of anilines is 1. The Labute approximate surface area is 168 Å². The molecule has 0 fully saturated rings. The predicted octanol–water partition coefficient (Wildman–Crippen LogP) is 2.83. The maximum Gasteiger partial charge on any atom is 0.355 e. The molecule has 0 aliphatic heterocycles. The fourth-order valence-electron chi connectivity index (χ4n) is 2.97. The summed E-state index contributed by atoms with van der Waals surface area (Å²) in [6.45, 7) is 6.06. The number of aromatic nitrogens is 1. The molecule has 1 amide bonds. The molecule has 0 aliphatic carbocycles. The SMILES string of the molecule is CCOC(=O)c1[nH]c(C)c(C(=O)COC(=O)c2ccccc2N(C)C(C)=O)c1C. The van der Waals surface area contributed by atoms with Gasteiger partial charge in [0, 0.05) is 25.2 Å². The zero-order valence-corrected chi connectivity index (χ0v) is 17.1. The van der Waals surface area contributed by atoms with Crippen molar-refractivity contribution in [1.29, 1.82) is 0 Å². The highest BCUT2D eigenvalue weighted by molar-refractivity contribution is 6.05. The molecule has 0 bridgehead atoms. The van der Waals surface area contributed by atoms with Crippen LogP contribution in [0.15, 0.2) is 24.3 Å². The van der Waals surface area contributed by atoms with E-state index in [0.29, 0.717) is 16.9 Å². The van der Waals surface area contributed by atoms with Gasteiger partial charge in [-0.3, -0.25) is 9.59 Å². The Morgan fingerprint density at radius 3 is 2.31 bits per heavy atom. The van der Waals surface area contributed by atoms with E-state index in [2.05, 4.69) is 4.98 Å². The van der Waals surface area contributed by atoms with E-state index in [1.165, 1.54) is 17.9 Å². The molecule has 0 unspecified atom stereocenters. The van der Waals surface area contributed by atoms with Crippen LogP contribution in [0.25, 0.3) is 0 Å². The average molecular weight is 400 g/mol. The van der Waals surface area contributed by atoms with E-state index < -0.39 is 24.3 Å². The number of H-pyrrole nitrogens is 1. The molecule has 0 radical (unpaired) electrons. The van der Waals surface area contributed by atoms with Gasteiger partial charge in [0.2, 0.25) is 11.7 Å². The van der Waals surface area contributed by atoms with E-state index in [0.717, 1.165) is 0 Å². The van der Waals surface area contributed by atoms with E-state index in [4.69, 9.17) is 9.47 Å². The average Bonchev–Trinajstić information content (AvgIpc) is 2.99. The van der Waals surface area contributed by atoms with E-state index in [1.54, 1.807) is 46.0 Å². The molecular formula is C21H24N2O6. The van der Waals surface area contributed by atoms with Gasteiger partial charge in [0.05, 0.1) is 17.9 Å². The third-order valence-corrected chi connectivity index (χ3v) is 4.49. The van der Waals surface area contributed by atoms with Crippen molar-refractivity contribution in [1.82, 2.24) is 4.98 Å². The summed E-state index contributed by atoms with van der Waals surface area (Å²) in [4.78, 5) is 52.9. The molecule has 154 valence electrons. The molecule has 1 heterocycles. The first kappa shape index (κ1) is 21.9. The lowest BCUT2D eigenvalue weighted by Gasteiger charge is -2.18. The Balaban J connectivity index is 2.18. The van der Waals surface area contributed by atoms with Crippen LogP contribution >= 0.6 is 0 Å². The van der Waals surface area contributed by atoms with Gasteiger partial charge >= 0.3 is 11.9 Å². The van der Waals surface area contributed by atoms with Crippen molar-refractivity contribution < 1.29 is 28.7 Å². The van der Waals surface area contributed by atoms with Crippen LogP contribution in [0, 0.1) is 13.8 Å². The maximum atomic E-state index is 12.6. The highest BCUT2D eigenvalue weighted by Gasteiger charge is 2.24. The molecule has 0 saturated heterocycles. The summed E-state index contributed by atoms with van der Waals surface area (Å²) in [5, 5.41) is 0. The number of benzene rings is 1. The zero-order valence-electron chi connectivity index (χ0n) is 17.1. The summed E-state index contributed by atoms with van der Waals surface area (Å²) in [6, 6.07) is 6.47. The number of carbonyl (C=O) groups is 4. The summed E-state index contributed by atoms with van der Waals surface area (Å²) in [5.41, 5.74) is 1.98. The van der Waals surface area contributed by atoms with Crippen LogP contribution in [0.5, 0.6) is 0 Å². The zero-order chi connectivity index (χ0) is 21.7. The van der Waals surface area contributed by atoms with Crippen molar-refractivity contribution >= 4 is 29.3 Å². The standard InChI is InChI=1S/C21H24N2O6/c1-6-28-21(27)19-12(2)18(13(3)22-19)17(25)11-29-20(26)15-9-7-8-10-16(15)23(5)14(4)24/h7-10,22H,6,11H2,1-5H3. The predicted molar refractivity (Wildman–Crippen MR) is 106 cm³/mol. The second kappa shape index (κ2) is 9.18. The number of para-hydroxylation sites is 1. The first-order chi connectivity index (χ1) is 13.7. The number of hydrogen-bond donors (Lipinski definition) is 1. The van der Waals surface area contributed by atoms with E-state index in [9.17, 15) is 19.2 Å². The van der Waals surface area contributed by atoms with E-state index >= 15 is 0 Å². The summed E-state index contributed by atoms with van der Waals surface area (Å²) in [7, 11) is 1.54. The summed E-state index contributed by atoms with van der Waals surface area (Å²) < 4.78 is 10.2. The molecule has 0 saturated carbocycles. The van der Waals surface area contributed by atoms with Crippen LogP contribution in [-0.4, -0.2) is 48.9 Å². The summed E-state index contributed by atoms with van der Waals surface area (Å²) in [5.74, 6) is -1.97. The number of aryl methyl sites for hydroxylation is 1. The maximum absolute atomic E-state index is 12.6. The van der Waals surface area contributed by atoms with Crippen molar-refractivity contribution in [3.63, 3.8) is 0 Å². The van der Waals surface area contributed by atoms with Crippen molar-refractivity contribution in [2.75, 3.05) is 25.2 Å². The fourth-order valence-corrected chi connectivity index (χ4v) is 2.97. The molecule has 1 aromatic carbocycles. The second-order valence-corrected chi connectivity index (χ2v) is 6.44. The largest absolute Gasteiger partial charge is 0.461 e. The highest BCUT2D eigenvalue weighted by atomic mass is 16.5. The minimum absolute atomic E-state index is 0.174. The molecule has 1 aromatic heterocycles. The number of ether oxygens (including phenoxy) is 2. The number of amides is 1. The lowest BCUT2D eigenvalue weighted by Crippen LogP contribution is -2.25. The van der Waals surface area contributed by atoms with Gasteiger partial charge in [0.25, 0.3) is 0 Å². The van der Waals surface area contributed by atoms with Gasteiger partial charge < -0.3 is 19.4 Å². The van der Waals surface area contributed by atoms with Crippen LogP contribution in [0.2, 0.25) is 0 Å². The Morgan fingerprint density at radius 1 is 1.03 bits per heavy atom. The minimum atomic E-state index is -0.724. The van der Waals surface area contributed by atoms with Gasteiger partial charge in [0.15, 0.2) is 6.61 Å². The van der Waals surface area contributed by atoms with Crippen LogP contribution in [0.4, 0.5) is 5.69 Å². The number of ketones is 1. The summed E-state index contributed by atoms with van der Waals surface area (Å²) >= 11 is 0. The second-order valence-electron chi connectivity index (χ2n) is 6.44.